The number of hydrogen-bond acceptors (Lipinski definition) is 1. The van der Waals surface area contributed by atoms with Gasteiger partial charge in [-0.15, -0.1) is 0 Å². The van der Waals surface area contributed by atoms with E-state index in [0.717, 1.165) is 6.42 Å². The fourth-order valence-corrected chi connectivity index (χ4v) is 2.26. The molecule has 0 saturated heterocycles. The Bertz CT molecular complexity index is 526. The molecule has 1 unspecified atom stereocenters. The standard InChI is InChI=1S/C17H21N/c1-12-7-9-15(10-8-12)11-17(18)16-6-4-5-13(2)14(16)3/h4-10,17H,11,18H2,1-3H3. The molecule has 1 nitrogen and oxygen atoms in total. The molecule has 0 heterocycles. The average Bonchev–Trinajstić information content (AvgIpc) is 2.35. The van der Waals surface area contributed by atoms with Crippen LogP contribution < -0.4 is 5.73 Å². The largest absolute Gasteiger partial charge is 0.324 e. The molecule has 0 saturated carbocycles. The second kappa shape index (κ2) is 5.36. The van der Waals surface area contributed by atoms with Crippen molar-refractivity contribution >= 4 is 0 Å². The molecule has 0 aromatic heterocycles. The van der Waals surface area contributed by atoms with Gasteiger partial charge >= 0.3 is 0 Å². The quantitative estimate of drug-likeness (QED) is 0.865. The molecule has 0 amide bonds. The van der Waals surface area contributed by atoms with Crippen molar-refractivity contribution in [2.24, 2.45) is 5.73 Å². The van der Waals surface area contributed by atoms with Crippen LogP contribution in [0, 0.1) is 20.8 Å². The summed E-state index contributed by atoms with van der Waals surface area (Å²) >= 11 is 0. The van der Waals surface area contributed by atoms with E-state index in [1.54, 1.807) is 0 Å². The minimum absolute atomic E-state index is 0.0765. The summed E-state index contributed by atoms with van der Waals surface area (Å²) in [5.74, 6) is 0. The van der Waals surface area contributed by atoms with Crippen LogP contribution in [0.15, 0.2) is 42.5 Å². The molecule has 2 N–H and O–H groups in total. The maximum atomic E-state index is 6.33. The van der Waals surface area contributed by atoms with Crippen LogP contribution in [0.3, 0.4) is 0 Å². The number of hydrogen-bond donors (Lipinski definition) is 1. The monoisotopic (exact) mass is 239 g/mol. The van der Waals surface area contributed by atoms with E-state index in [9.17, 15) is 0 Å². The summed E-state index contributed by atoms with van der Waals surface area (Å²) in [6.45, 7) is 6.39. The SMILES string of the molecule is Cc1ccc(CC(N)c2cccc(C)c2C)cc1. The van der Waals surface area contributed by atoms with E-state index in [2.05, 4.69) is 63.2 Å². The summed E-state index contributed by atoms with van der Waals surface area (Å²) in [6, 6.07) is 15.1. The first-order chi connectivity index (χ1) is 8.58. The highest BCUT2D eigenvalue weighted by Gasteiger charge is 2.10. The fourth-order valence-electron chi connectivity index (χ4n) is 2.26. The molecule has 1 atom stereocenters. The van der Waals surface area contributed by atoms with Gasteiger partial charge in [-0.2, -0.15) is 0 Å². The summed E-state index contributed by atoms with van der Waals surface area (Å²) in [6.07, 6.45) is 0.893. The second-order valence-electron chi connectivity index (χ2n) is 5.09. The third-order valence-electron chi connectivity index (χ3n) is 3.62. The van der Waals surface area contributed by atoms with Gasteiger partial charge in [-0.05, 0) is 49.4 Å². The normalized spacial score (nSPS) is 12.4. The van der Waals surface area contributed by atoms with Gasteiger partial charge in [-0.3, -0.25) is 0 Å². The first kappa shape index (κ1) is 12.8. The highest BCUT2D eigenvalue weighted by molar-refractivity contribution is 5.36. The van der Waals surface area contributed by atoms with Crippen LogP contribution in [0.25, 0.3) is 0 Å². The summed E-state index contributed by atoms with van der Waals surface area (Å²) in [5, 5.41) is 0. The molecule has 0 aliphatic heterocycles. The number of benzene rings is 2. The summed E-state index contributed by atoms with van der Waals surface area (Å²) in [7, 11) is 0. The molecule has 2 aromatic rings. The van der Waals surface area contributed by atoms with Gasteiger partial charge in [0.25, 0.3) is 0 Å². The Morgan fingerprint density at radius 1 is 0.944 bits per heavy atom. The maximum absolute atomic E-state index is 6.33. The topological polar surface area (TPSA) is 26.0 Å². The van der Waals surface area contributed by atoms with Crippen LogP contribution in [0.1, 0.15) is 33.9 Å². The lowest BCUT2D eigenvalue weighted by atomic mass is 9.93. The molecule has 2 aromatic carbocycles. The zero-order valence-electron chi connectivity index (χ0n) is 11.4. The summed E-state index contributed by atoms with van der Waals surface area (Å²) in [5.41, 5.74) is 12.8. The van der Waals surface area contributed by atoms with Gasteiger partial charge < -0.3 is 5.73 Å². The first-order valence-electron chi connectivity index (χ1n) is 6.45. The molecule has 0 aliphatic rings. The van der Waals surface area contributed by atoms with Crippen molar-refractivity contribution in [3.8, 4) is 0 Å². The molecule has 2 rings (SSSR count). The highest BCUT2D eigenvalue weighted by atomic mass is 14.6. The van der Waals surface area contributed by atoms with Gasteiger partial charge in [0, 0.05) is 6.04 Å². The molecule has 1 heteroatoms. The molecule has 18 heavy (non-hydrogen) atoms. The van der Waals surface area contributed by atoms with Crippen LogP contribution in [0.4, 0.5) is 0 Å². The molecule has 94 valence electrons. The van der Waals surface area contributed by atoms with E-state index >= 15 is 0 Å². The summed E-state index contributed by atoms with van der Waals surface area (Å²) < 4.78 is 0. The zero-order chi connectivity index (χ0) is 13.1. The second-order valence-corrected chi connectivity index (χ2v) is 5.09. The minimum atomic E-state index is 0.0765. The van der Waals surface area contributed by atoms with Crippen molar-refractivity contribution in [2.45, 2.75) is 33.2 Å². The van der Waals surface area contributed by atoms with Gasteiger partial charge in [0.15, 0.2) is 0 Å². The fraction of sp³-hybridized carbons (Fsp3) is 0.294. The predicted molar refractivity (Wildman–Crippen MR) is 77.7 cm³/mol. The number of nitrogens with two attached hydrogens (primary N) is 1. The van der Waals surface area contributed by atoms with Crippen molar-refractivity contribution < 1.29 is 0 Å². The Kier molecular flexibility index (Phi) is 3.83. The molecule has 0 spiro atoms. The third-order valence-corrected chi connectivity index (χ3v) is 3.62. The van der Waals surface area contributed by atoms with E-state index in [1.165, 1.54) is 27.8 Å². The lowest BCUT2D eigenvalue weighted by molar-refractivity contribution is 0.715. The Balaban J connectivity index is 2.19. The zero-order valence-corrected chi connectivity index (χ0v) is 11.4. The van der Waals surface area contributed by atoms with Crippen LogP contribution >= 0.6 is 0 Å². The van der Waals surface area contributed by atoms with E-state index in [1.807, 2.05) is 0 Å². The molecule has 0 bridgehead atoms. The third kappa shape index (κ3) is 2.80. The van der Waals surface area contributed by atoms with E-state index in [-0.39, 0.29) is 6.04 Å². The number of aryl methyl sites for hydroxylation is 2. The van der Waals surface area contributed by atoms with Crippen LogP contribution in [0.2, 0.25) is 0 Å². The van der Waals surface area contributed by atoms with E-state index < -0.39 is 0 Å². The van der Waals surface area contributed by atoms with Crippen molar-refractivity contribution in [1.82, 2.24) is 0 Å². The van der Waals surface area contributed by atoms with Gasteiger partial charge in [-0.25, -0.2) is 0 Å². The highest BCUT2D eigenvalue weighted by Crippen LogP contribution is 2.22. The average molecular weight is 239 g/mol. The minimum Gasteiger partial charge on any atom is -0.324 e. The Hall–Kier alpha value is -1.60. The molecule has 0 fully saturated rings. The molecule has 0 radical (unpaired) electrons. The molecule has 0 aliphatic carbocycles. The number of rotatable bonds is 3. The van der Waals surface area contributed by atoms with Gasteiger partial charge in [0.2, 0.25) is 0 Å². The summed E-state index contributed by atoms with van der Waals surface area (Å²) in [4.78, 5) is 0. The lowest BCUT2D eigenvalue weighted by Gasteiger charge is -2.16. The van der Waals surface area contributed by atoms with Crippen LogP contribution in [0.5, 0.6) is 0 Å². The van der Waals surface area contributed by atoms with Gasteiger partial charge in [0.1, 0.15) is 0 Å². The van der Waals surface area contributed by atoms with Crippen molar-refractivity contribution in [2.75, 3.05) is 0 Å². The van der Waals surface area contributed by atoms with Gasteiger partial charge in [-0.1, -0.05) is 48.0 Å². The maximum Gasteiger partial charge on any atom is 0.0338 e. The lowest BCUT2D eigenvalue weighted by Crippen LogP contribution is -2.15. The van der Waals surface area contributed by atoms with E-state index in [4.69, 9.17) is 5.73 Å². The Morgan fingerprint density at radius 2 is 1.61 bits per heavy atom. The Labute approximate surface area is 110 Å². The van der Waals surface area contributed by atoms with Crippen LogP contribution in [-0.2, 0) is 6.42 Å². The van der Waals surface area contributed by atoms with E-state index in [0.29, 0.717) is 0 Å². The van der Waals surface area contributed by atoms with Crippen molar-refractivity contribution in [1.29, 1.82) is 0 Å². The first-order valence-corrected chi connectivity index (χ1v) is 6.45. The van der Waals surface area contributed by atoms with Crippen molar-refractivity contribution in [3.05, 3.63) is 70.3 Å². The molecular weight excluding hydrogens is 218 g/mol. The van der Waals surface area contributed by atoms with Crippen LogP contribution in [-0.4, -0.2) is 0 Å². The molecular formula is C17H21N. The Morgan fingerprint density at radius 3 is 2.28 bits per heavy atom. The van der Waals surface area contributed by atoms with Crippen molar-refractivity contribution in [3.63, 3.8) is 0 Å². The van der Waals surface area contributed by atoms with Gasteiger partial charge in [0.05, 0.1) is 0 Å². The predicted octanol–water partition coefficient (Wildman–Crippen LogP) is 3.85. The smallest absolute Gasteiger partial charge is 0.0338 e.